The Morgan fingerprint density at radius 3 is 2.85 bits per heavy atom. The Balaban J connectivity index is 2.20. The van der Waals surface area contributed by atoms with Gasteiger partial charge >= 0.3 is 0 Å². The number of carbonyl (C=O) groups is 1. The standard InChI is InChI=1S/C15H18ClNO3/c1-2-10-3-6-15(18)12(7-10)8-11-4-5-13(16)9-14(11)17(19)20/h4-5,9-10,12H,2-3,6-8H2,1H3. The summed E-state index contributed by atoms with van der Waals surface area (Å²) in [4.78, 5) is 22.7. The van der Waals surface area contributed by atoms with Crippen molar-refractivity contribution in [1.82, 2.24) is 0 Å². The molecule has 1 aromatic carbocycles. The van der Waals surface area contributed by atoms with Crippen molar-refractivity contribution in [3.8, 4) is 0 Å². The van der Waals surface area contributed by atoms with Gasteiger partial charge in [0.2, 0.25) is 0 Å². The number of nitrogens with zero attached hydrogens (tertiary/aromatic N) is 1. The first-order chi connectivity index (χ1) is 9.51. The molecule has 1 fully saturated rings. The molecule has 0 radical (unpaired) electrons. The van der Waals surface area contributed by atoms with Crippen LogP contribution in [0.1, 0.15) is 38.2 Å². The van der Waals surface area contributed by atoms with E-state index in [4.69, 9.17) is 11.6 Å². The molecule has 5 heteroatoms. The maximum absolute atomic E-state index is 12.0. The second kappa shape index (κ2) is 6.35. The molecule has 0 aliphatic heterocycles. The number of hydrogen-bond acceptors (Lipinski definition) is 3. The van der Waals surface area contributed by atoms with Crippen molar-refractivity contribution in [3.63, 3.8) is 0 Å². The van der Waals surface area contributed by atoms with Gasteiger partial charge in [-0.25, -0.2) is 0 Å². The third kappa shape index (κ3) is 3.37. The number of ketones is 1. The van der Waals surface area contributed by atoms with Gasteiger partial charge in [-0.15, -0.1) is 0 Å². The summed E-state index contributed by atoms with van der Waals surface area (Å²) in [6.45, 7) is 2.13. The minimum absolute atomic E-state index is 0.0175. The van der Waals surface area contributed by atoms with E-state index in [0.29, 0.717) is 29.3 Å². The van der Waals surface area contributed by atoms with Crippen molar-refractivity contribution in [2.45, 2.75) is 39.0 Å². The first-order valence-electron chi connectivity index (χ1n) is 6.96. The van der Waals surface area contributed by atoms with Gasteiger partial charge in [0.1, 0.15) is 5.78 Å². The maximum atomic E-state index is 12.0. The van der Waals surface area contributed by atoms with Crippen LogP contribution in [0.2, 0.25) is 5.02 Å². The van der Waals surface area contributed by atoms with Gasteiger partial charge in [0, 0.05) is 29.0 Å². The summed E-state index contributed by atoms with van der Waals surface area (Å²) < 4.78 is 0. The van der Waals surface area contributed by atoms with Gasteiger partial charge in [-0.3, -0.25) is 14.9 Å². The molecule has 0 amide bonds. The summed E-state index contributed by atoms with van der Waals surface area (Å²) >= 11 is 5.81. The smallest absolute Gasteiger partial charge is 0.274 e. The van der Waals surface area contributed by atoms with Gasteiger partial charge in [-0.05, 0) is 31.2 Å². The van der Waals surface area contributed by atoms with Gasteiger partial charge < -0.3 is 0 Å². The van der Waals surface area contributed by atoms with Crippen LogP contribution in [-0.4, -0.2) is 10.7 Å². The zero-order valence-corrected chi connectivity index (χ0v) is 12.2. The van der Waals surface area contributed by atoms with Crippen molar-refractivity contribution in [1.29, 1.82) is 0 Å². The van der Waals surface area contributed by atoms with E-state index in [1.165, 1.54) is 6.07 Å². The van der Waals surface area contributed by atoms with Crippen molar-refractivity contribution in [2.75, 3.05) is 0 Å². The first kappa shape index (κ1) is 15.0. The number of halogens is 1. The minimum atomic E-state index is -0.425. The summed E-state index contributed by atoms with van der Waals surface area (Å²) in [6.07, 6.45) is 3.91. The Hall–Kier alpha value is -1.42. The van der Waals surface area contributed by atoms with E-state index in [-0.39, 0.29) is 17.4 Å². The maximum Gasteiger partial charge on any atom is 0.274 e. The fraction of sp³-hybridized carbons (Fsp3) is 0.533. The molecule has 0 bridgehead atoms. The van der Waals surface area contributed by atoms with Crippen molar-refractivity contribution in [2.24, 2.45) is 11.8 Å². The van der Waals surface area contributed by atoms with Gasteiger partial charge in [0.15, 0.2) is 0 Å². The third-order valence-corrected chi connectivity index (χ3v) is 4.39. The summed E-state index contributed by atoms with van der Waals surface area (Å²) in [7, 11) is 0. The minimum Gasteiger partial charge on any atom is -0.299 e. The number of hydrogen-bond donors (Lipinski definition) is 0. The average Bonchev–Trinajstić information content (AvgIpc) is 2.42. The quantitative estimate of drug-likeness (QED) is 0.618. The monoisotopic (exact) mass is 295 g/mol. The van der Waals surface area contributed by atoms with E-state index >= 15 is 0 Å². The highest BCUT2D eigenvalue weighted by atomic mass is 35.5. The Labute approximate surface area is 123 Å². The van der Waals surface area contributed by atoms with Crippen LogP contribution >= 0.6 is 11.6 Å². The molecule has 1 aromatic rings. The molecule has 0 aromatic heterocycles. The highest BCUT2D eigenvalue weighted by molar-refractivity contribution is 6.30. The average molecular weight is 296 g/mol. The Morgan fingerprint density at radius 1 is 1.45 bits per heavy atom. The zero-order valence-electron chi connectivity index (χ0n) is 11.5. The third-order valence-electron chi connectivity index (χ3n) is 4.16. The molecule has 2 unspecified atom stereocenters. The lowest BCUT2D eigenvalue weighted by atomic mass is 9.76. The summed E-state index contributed by atoms with van der Waals surface area (Å²) in [6, 6.07) is 4.68. The van der Waals surface area contributed by atoms with Crippen molar-refractivity contribution >= 4 is 23.1 Å². The predicted octanol–water partition coefficient (Wildman–Crippen LogP) is 4.19. The van der Waals surface area contributed by atoms with Crippen LogP contribution in [-0.2, 0) is 11.2 Å². The number of nitro benzene ring substituents is 1. The molecule has 1 aliphatic carbocycles. The van der Waals surface area contributed by atoms with Gasteiger partial charge in [-0.2, -0.15) is 0 Å². The number of rotatable bonds is 4. The molecule has 1 saturated carbocycles. The predicted molar refractivity (Wildman–Crippen MR) is 77.9 cm³/mol. The molecule has 2 atom stereocenters. The van der Waals surface area contributed by atoms with Gasteiger partial charge in [-0.1, -0.05) is 31.0 Å². The van der Waals surface area contributed by atoms with E-state index in [1.54, 1.807) is 12.1 Å². The van der Waals surface area contributed by atoms with Crippen LogP contribution < -0.4 is 0 Å². The fourth-order valence-corrected chi connectivity index (χ4v) is 3.08. The lowest BCUT2D eigenvalue weighted by molar-refractivity contribution is -0.385. The first-order valence-corrected chi connectivity index (χ1v) is 7.34. The molecule has 0 N–H and O–H groups in total. The summed E-state index contributed by atoms with van der Waals surface area (Å²) in [5.74, 6) is 0.705. The fourth-order valence-electron chi connectivity index (χ4n) is 2.92. The Bertz CT molecular complexity index is 530. The Kier molecular flexibility index (Phi) is 4.76. The number of carbonyl (C=O) groups excluding carboxylic acids is 1. The lowest BCUT2D eigenvalue weighted by Crippen LogP contribution is -2.26. The Morgan fingerprint density at radius 2 is 2.20 bits per heavy atom. The molecule has 0 saturated heterocycles. The molecule has 0 heterocycles. The van der Waals surface area contributed by atoms with Crippen molar-refractivity contribution < 1.29 is 9.72 Å². The van der Waals surface area contributed by atoms with Gasteiger partial charge in [0.25, 0.3) is 5.69 Å². The molecular weight excluding hydrogens is 278 g/mol. The number of Topliss-reactive ketones (excluding diaryl/α,β-unsaturated/α-hetero) is 1. The van der Waals surface area contributed by atoms with E-state index < -0.39 is 4.92 Å². The van der Waals surface area contributed by atoms with E-state index in [2.05, 4.69) is 6.92 Å². The second-order valence-corrected chi connectivity index (χ2v) is 5.88. The summed E-state index contributed by atoms with van der Waals surface area (Å²) in [5, 5.41) is 11.4. The molecule has 108 valence electrons. The van der Waals surface area contributed by atoms with E-state index in [9.17, 15) is 14.9 Å². The topological polar surface area (TPSA) is 60.2 Å². The zero-order chi connectivity index (χ0) is 14.7. The lowest BCUT2D eigenvalue weighted by Gasteiger charge is -2.27. The molecular formula is C15H18ClNO3. The van der Waals surface area contributed by atoms with Crippen LogP contribution in [0.3, 0.4) is 0 Å². The molecule has 1 aliphatic rings. The number of nitro groups is 1. The molecule has 0 spiro atoms. The SMILES string of the molecule is CCC1CCC(=O)C(Cc2ccc(Cl)cc2[N+](=O)[O-])C1. The number of benzene rings is 1. The van der Waals surface area contributed by atoms with E-state index in [1.807, 2.05) is 0 Å². The largest absolute Gasteiger partial charge is 0.299 e. The normalized spacial score (nSPS) is 22.8. The highest BCUT2D eigenvalue weighted by Gasteiger charge is 2.29. The van der Waals surface area contributed by atoms with Gasteiger partial charge in [0.05, 0.1) is 4.92 Å². The van der Waals surface area contributed by atoms with Crippen LogP contribution in [0, 0.1) is 22.0 Å². The molecule has 4 nitrogen and oxygen atoms in total. The van der Waals surface area contributed by atoms with Crippen LogP contribution in [0.15, 0.2) is 18.2 Å². The molecule has 2 rings (SSSR count). The van der Waals surface area contributed by atoms with Crippen LogP contribution in [0.4, 0.5) is 5.69 Å². The highest BCUT2D eigenvalue weighted by Crippen LogP contribution is 2.33. The summed E-state index contributed by atoms with van der Waals surface area (Å²) in [5.41, 5.74) is 0.624. The molecule has 20 heavy (non-hydrogen) atoms. The van der Waals surface area contributed by atoms with Crippen molar-refractivity contribution in [3.05, 3.63) is 38.9 Å². The van der Waals surface area contributed by atoms with Crippen LogP contribution in [0.25, 0.3) is 0 Å². The van der Waals surface area contributed by atoms with E-state index in [0.717, 1.165) is 19.3 Å². The van der Waals surface area contributed by atoms with Crippen LogP contribution in [0.5, 0.6) is 0 Å². The second-order valence-electron chi connectivity index (χ2n) is 5.45.